The van der Waals surface area contributed by atoms with Crippen LogP contribution in [0.3, 0.4) is 0 Å². The quantitative estimate of drug-likeness (QED) is 0.581. The molecule has 0 bridgehead atoms. The minimum Gasteiger partial charge on any atom is -0.241 e. The van der Waals surface area contributed by atoms with E-state index >= 15 is 0 Å². The summed E-state index contributed by atoms with van der Waals surface area (Å²) in [6, 6.07) is 1.90. The van der Waals surface area contributed by atoms with Gasteiger partial charge in [0.15, 0.2) is 0 Å². The number of rotatable bonds is 9. The maximum atomic E-state index is 4.49. The molecular formula is C16H28N2. The highest BCUT2D eigenvalue weighted by Crippen LogP contribution is 2.32. The van der Waals surface area contributed by atoms with E-state index in [1.807, 2.05) is 18.5 Å². The summed E-state index contributed by atoms with van der Waals surface area (Å²) in [5.41, 5.74) is 0.172. The minimum atomic E-state index is 0.172. The summed E-state index contributed by atoms with van der Waals surface area (Å²) < 4.78 is 0. The Hall–Kier alpha value is -0.920. The Morgan fingerprint density at radius 3 is 2.11 bits per heavy atom. The maximum absolute atomic E-state index is 4.49. The van der Waals surface area contributed by atoms with Crippen molar-refractivity contribution in [2.24, 2.45) is 0 Å². The lowest BCUT2D eigenvalue weighted by Gasteiger charge is -2.28. The van der Waals surface area contributed by atoms with E-state index in [1.54, 1.807) is 0 Å². The van der Waals surface area contributed by atoms with Crippen molar-refractivity contribution in [3.63, 3.8) is 0 Å². The molecule has 1 rings (SSSR count). The molecule has 1 heterocycles. The molecular weight excluding hydrogens is 220 g/mol. The van der Waals surface area contributed by atoms with Crippen molar-refractivity contribution < 1.29 is 0 Å². The van der Waals surface area contributed by atoms with Gasteiger partial charge in [-0.3, -0.25) is 0 Å². The molecule has 1 aromatic heterocycles. The molecule has 0 aromatic carbocycles. The van der Waals surface area contributed by atoms with Gasteiger partial charge in [0.2, 0.25) is 0 Å². The Morgan fingerprint density at radius 1 is 0.889 bits per heavy atom. The summed E-state index contributed by atoms with van der Waals surface area (Å²) in [6.07, 6.45) is 14.0. The molecule has 2 heteroatoms. The van der Waals surface area contributed by atoms with Gasteiger partial charge < -0.3 is 0 Å². The second-order valence-electron chi connectivity index (χ2n) is 5.55. The SMILES string of the molecule is CCCCCCC(C)(CCCC)c1ncccn1. The summed E-state index contributed by atoms with van der Waals surface area (Å²) in [5.74, 6) is 1.04. The van der Waals surface area contributed by atoms with Gasteiger partial charge in [-0.05, 0) is 18.9 Å². The molecule has 1 aromatic rings. The lowest BCUT2D eigenvalue weighted by molar-refractivity contribution is 0.350. The molecule has 0 saturated carbocycles. The number of nitrogens with zero attached hydrogens (tertiary/aromatic N) is 2. The second kappa shape index (κ2) is 8.23. The molecule has 1 atom stereocenters. The molecule has 0 amide bonds. The number of aromatic nitrogens is 2. The molecule has 0 fully saturated rings. The van der Waals surface area contributed by atoms with Crippen molar-refractivity contribution in [2.75, 3.05) is 0 Å². The third-order valence-electron chi connectivity index (χ3n) is 3.77. The average Bonchev–Trinajstić information content (AvgIpc) is 2.42. The molecule has 0 aliphatic heterocycles. The van der Waals surface area contributed by atoms with Gasteiger partial charge in [-0.25, -0.2) is 9.97 Å². The highest BCUT2D eigenvalue weighted by atomic mass is 14.9. The van der Waals surface area contributed by atoms with E-state index in [4.69, 9.17) is 0 Å². The van der Waals surface area contributed by atoms with Crippen LogP contribution in [-0.4, -0.2) is 9.97 Å². The number of unbranched alkanes of at least 4 members (excludes halogenated alkanes) is 4. The van der Waals surface area contributed by atoms with E-state index in [1.165, 1.54) is 51.4 Å². The molecule has 102 valence electrons. The lowest BCUT2D eigenvalue weighted by atomic mass is 9.79. The molecule has 2 nitrogen and oxygen atoms in total. The van der Waals surface area contributed by atoms with Crippen LogP contribution in [0, 0.1) is 0 Å². The summed E-state index contributed by atoms with van der Waals surface area (Å²) in [4.78, 5) is 8.98. The smallest absolute Gasteiger partial charge is 0.134 e. The van der Waals surface area contributed by atoms with Gasteiger partial charge in [0.25, 0.3) is 0 Å². The first kappa shape index (κ1) is 15.1. The maximum Gasteiger partial charge on any atom is 0.134 e. The first-order valence-corrected chi connectivity index (χ1v) is 7.50. The van der Waals surface area contributed by atoms with Crippen molar-refractivity contribution in [1.82, 2.24) is 9.97 Å². The summed E-state index contributed by atoms with van der Waals surface area (Å²) in [7, 11) is 0. The third kappa shape index (κ3) is 4.75. The van der Waals surface area contributed by atoms with Crippen molar-refractivity contribution in [3.05, 3.63) is 24.3 Å². The molecule has 0 aliphatic carbocycles. The van der Waals surface area contributed by atoms with Gasteiger partial charge in [-0.1, -0.05) is 59.3 Å². The van der Waals surface area contributed by atoms with Crippen molar-refractivity contribution in [1.29, 1.82) is 0 Å². The fourth-order valence-corrected chi connectivity index (χ4v) is 2.47. The highest BCUT2D eigenvalue weighted by Gasteiger charge is 2.28. The monoisotopic (exact) mass is 248 g/mol. The van der Waals surface area contributed by atoms with Gasteiger partial charge >= 0.3 is 0 Å². The summed E-state index contributed by atoms with van der Waals surface area (Å²) in [5, 5.41) is 0. The molecule has 18 heavy (non-hydrogen) atoms. The molecule has 0 saturated heterocycles. The van der Waals surface area contributed by atoms with E-state index in [9.17, 15) is 0 Å². The molecule has 0 N–H and O–H groups in total. The van der Waals surface area contributed by atoms with Crippen LogP contribution in [0.2, 0.25) is 0 Å². The van der Waals surface area contributed by atoms with Gasteiger partial charge in [0.05, 0.1) is 0 Å². The minimum absolute atomic E-state index is 0.172. The van der Waals surface area contributed by atoms with Crippen LogP contribution < -0.4 is 0 Å². The van der Waals surface area contributed by atoms with Crippen LogP contribution in [0.5, 0.6) is 0 Å². The standard InChI is InChI=1S/C16H28N2/c1-4-6-8-9-12-16(3,11-7-5-2)15-17-13-10-14-18-15/h10,13-14H,4-9,11-12H2,1-3H3. The molecule has 0 radical (unpaired) electrons. The zero-order valence-electron chi connectivity index (χ0n) is 12.3. The third-order valence-corrected chi connectivity index (χ3v) is 3.77. The fraction of sp³-hybridized carbons (Fsp3) is 0.750. The predicted octanol–water partition coefficient (Wildman–Crippen LogP) is 4.89. The van der Waals surface area contributed by atoms with E-state index in [0.717, 1.165) is 5.82 Å². The molecule has 0 aliphatic rings. The van der Waals surface area contributed by atoms with Crippen molar-refractivity contribution in [3.8, 4) is 0 Å². The zero-order valence-corrected chi connectivity index (χ0v) is 12.3. The van der Waals surface area contributed by atoms with Crippen LogP contribution in [-0.2, 0) is 5.41 Å². The number of hydrogen-bond donors (Lipinski definition) is 0. The number of hydrogen-bond acceptors (Lipinski definition) is 2. The average molecular weight is 248 g/mol. The first-order chi connectivity index (χ1) is 8.73. The van der Waals surface area contributed by atoms with Crippen LogP contribution in [0.1, 0.15) is 78.0 Å². The van der Waals surface area contributed by atoms with Crippen molar-refractivity contribution in [2.45, 2.75) is 77.6 Å². The van der Waals surface area contributed by atoms with Crippen LogP contribution in [0.15, 0.2) is 18.5 Å². The Bertz CT molecular complexity index is 310. The van der Waals surface area contributed by atoms with Gasteiger partial charge in [-0.15, -0.1) is 0 Å². The first-order valence-electron chi connectivity index (χ1n) is 7.50. The van der Waals surface area contributed by atoms with Gasteiger partial charge in [-0.2, -0.15) is 0 Å². The van der Waals surface area contributed by atoms with Crippen LogP contribution >= 0.6 is 0 Å². The Kier molecular flexibility index (Phi) is 6.92. The van der Waals surface area contributed by atoms with E-state index in [-0.39, 0.29) is 5.41 Å². The summed E-state index contributed by atoms with van der Waals surface area (Å²) >= 11 is 0. The lowest BCUT2D eigenvalue weighted by Crippen LogP contribution is -2.25. The van der Waals surface area contributed by atoms with E-state index < -0.39 is 0 Å². The van der Waals surface area contributed by atoms with Gasteiger partial charge in [0.1, 0.15) is 5.82 Å². The zero-order chi connectivity index (χ0) is 13.3. The second-order valence-corrected chi connectivity index (χ2v) is 5.55. The van der Waals surface area contributed by atoms with Crippen LogP contribution in [0.4, 0.5) is 0 Å². The van der Waals surface area contributed by atoms with Crippen LogP contribution in [0.25, 0.3) is 0 Å². The predicted molar refractivity (Wildman–Crippen MR) is 77.7 cm³/mol. The Labute approximate surface area is 112 Å². The molecule has 1 unspecified atom stereocenters. The fourth-order valence-electron chi connectivity index (χ4n) is 2.47. The topological polar surface area (TPSA) is 25.8 Å². The van der Waals surface area contributed by atoms with Crippen molar-refractivity contribution >= 4 is 0 Å². The Morgan fingerprint density at radius 2 is 1.50 bits per heavy atom. The normalized spacial score (nSPS) is 14.4. The Balaban J connectivity index is 2.63. The van der Waals surface area contributed by atoms with E-state index in [2.05, 4.69) is 30.7 Å². The molecule has 0 spiro atoms. The largest absolute Gasteiger partial charge is 0.241 e. The summed E-state index contributed by atoms with van der Waals surface area (Å²) in [6.45, 7) is 6.85. The van der Waals surface area contributed by atoms with Gasteiger partial charge in [0, 0.05) is 17.8 Å². The van der Waals surface area contributed by atoms with E-state index in [0.29, 0.717) is 0 Å². The highest BCUT2D eigenvalue weighted by molar-refractivity contribution is 5.05.